The molecule has 0 bridgehead atoms. The van der Waals surface area contributed by atoms with Crippen LogP contribution in [0.2, 0.25) is 0 Å². The summed E-state index contributed by atoms with van der Waals surface area (Å²) in [6.07, 6.45) is 1.87. The quantitative estimate of drug-likeness (QED) is 0.599. The van der Waals surface area contributed by atoms with Crippen LogP contribution in [0, 0.1) is 11.3 Å². The van der Waals surface area contributed by atoms with Crippen molar-refractivity contribution >= 4 is 23.1 Å². The van der Waals surface area contributed by atoms with Gasteiger partial charge in [0.15, 0.2) is 4.34 Å². The van der Waals surface area contributed by atoms with Crippen molar-refractivity contribution in [2.45, 2.75) is 36.6 Å². The Balaban J connectivity index is 2.21. The Labute approximate surface area is 104 Å². The number of nitrogens with zero attached hydrogens (tertiary/aromatic N) is 3. The zero-order chi connectivity index (χ0) is 11.9. The highest BCUT2D eigenvalue weighted by atomic mass is 32.2. The molecule has 0 spiro atoms. The number of nitrogens with one attached hydrogen (secondary N) is 1. The first-order valence-electron chi connectivity index (χ1n) is 5.25. The average molecular weight is 256 g/mol. The van der Waals surface area contributed by atoms with Gasteiger partial charge in [-0.3, -0.25) is 5.32 Å². The molecule has 88 valence electrons. The second-order valence-electron chi connectivity index (χ2n) is 3.63. The maximum absolute atomic E-state index is 9.06. The Kier molecular flexibility index (Phi) is 5.74. The molecule has 1 atom stereocenters. The molecule has 0 radical (unpaired) electrons. The van der Waals surface area contributed by atoms with Crippen molar-refractivity contribution in [2.75, 3.05) is 12.3 Å². The monoisotopic (exact) mass is 256 g/mol. The van der Waals surface area contributed by atoms with Gasteiger partial charge in [0.05, 0.1) is 6.07 Å². The first kappa shape index (κ1) is 13.4. The molecule has 0 saturated heterocycles. The predicted molar refractivity (Wildman–Crippen MR) is 67.6 cm³/mol. The van der Waals surface area contributed by atoms with E-state index in [1.807, 2.05) is 13.8 Å². The summed E-state index contributed by atoms with van der Waals surface area (Å²) in [5, 5.41) is 20.0. The minimum absolute atomic E-state index is 0.392. The Morgan fingerprint density at radius 3 is 3.06 bits per heavy atom. The van der Waals surface area contributed by atoms with Crippen LogP contribution in [0.1, 0.15) is 26.7 Å². The molecule has 6 heteroatoms. The summed E-state index contributed by atoms with van der Waals surface area (Å²) in [4.78, 5) is 0. The number of thioether (sulfide) groups is 1. The molecule has 1 aromatic rings. The lowest BCUT2D eigenvalue weighted by atomic mass is 9.98. The molecule has 0 saturated carbocycles. The van der Waals surface area contributed by atoms with Crippen LogP contribution in [0.25, 0.3) is 0 Å². The average Bonchev–Trinajstić information content (AvgIpc) is 2.78. The van der Waals surface area contributed by atoms with Crippen molar-refractivity contribution in [3.63, 3.8) is 0 Å². The molecule has 0 aliphatic carbocycles. The molecule has 0 aliphatic rings. The van der Waals surface area contributed by atoms with E-state index in [4.69, 9.17) is 5.26 Å². The molecule has 0 aliphatic heterocycles. The largest absolute Gasteiger partial charge is 0.300 e. The number of aromatic nitrogens is 2. The third kappa shape index (κ3) is 4.47. The van der Waals surface area contributed by atoms with Gasteiger partial charge in [0.25, 0.3) is 0 Å². The summed E-state index contributed by atoms with van der Waals surface area (Å²) in [6.45, 7) is 4.80. The molecule has 16 heavy (non-hydrogen) atoms. The molecule has 1 N–H and O–H groups in total. The zero-order valence-electron chi connectivity index (χ0n) is 9.56. The van der Waals surface area contributed by atoms with E-state index in [1.165, 1.54) is 0 Å². The molecule has 1 aromatic heterocycles. The number of hydrogen-bond acceptors (Lipinski definition) is 6. The molecular formula is C10H16N4S2. The van der Waals surface area contributed by atoms with Gasteiger partial charge in [0, 0.05) is 5.75 Å². The molecule has 4 nitrogen and oxygen atoms in total. The van der Waals surface area contributed by atoms with Crippen LogP contribution in [-0.4, -0.2) is 28.0 Å². The molecule has 1 unspecified atom stereocenters. The van der Waals surface area contributed by atoms with Crippen LogP contribution in [0.5, 0.6) is 0 Å². The van der Waals surface area contributed by atoms with E-state index in [0.29, 0.717) is 0 Å². The standard InChI is InChI=1S/C10H16N4S2/c1-3-12-10(2,7-11)5-4-6-15-9-14-13-8-16-9/h8,12H,3-6H2,1-2H3. The molecule has 1 heterocycles. The van der Waals surface area contributed by atoms with Crippen molar-refractivity contribution in [2.24, 2.45) is 0 Å². The highest BCUT2D eigenvalue weighted by molar-refractivity contribution is 8.00. The number of rotatable bonds is 7. The van der Waals surface area contributed by atoms with Gasteiger partial charge in [-0.2, -0.15) is 5.26 Å². The normalized spacial score (nSPS) is 14.3. The van der Waals surface area contributed by atoms with Gasteiger partial charge >= 0.3 is 0 Å². The van der Waals surface area contributed by atoms with Gasteiger partial charge in [0.2, 0.25) is 0 Å². The second-order valence-corrected chi connectivity index (χ2v) is 5.81. The predicted octanol–water partition coefficient (Wildman–Crippen LogP) is 2.30. The molecule has 0 aromatic carbocycles. The first-order chi connectivity index (χ1) is 7.70. The van der Waals surface area contributed by atoms with Gasteiger partial charge in [-0.1, -0.05) is 30.0 Å². The van der Waals surface area contributed by atoms with E-state index in [2.05, 4.69) is 21.6 Å². The third-order valence-electron chi connectivity index (χ3n) is 2.20. The lowest BCUT2D eigenvalue weighted by Crippen LogP contribution is -2.40. The van der Waals surface area contributed by atoms with Crippen molar-refractivity contribution in [3.8, 4) is 6.07 Å². The van der Waals surface area contributed by atoms with Crippen LogP contribution in [-0.2, 0) is 0 Å². The molecule has 0 amide bonds. The Morgan fingerprint density at radius 1 is 1.69 bits per heavy atom. The van der Waals surface area contributed by atoms with Crippen molar-refractivity contribution in [3.05, 3.63) is 5.51 Å². The van der Waals surface area contributed by atoms with Gasteiger partial charge in [-0.25, -0.2) is 0 Å². The highest BCUT2D eigenvalue weighted by Gasteiger charge is 2.21. The van der Waals surface area contributed by atoms with Gasteiger partial charge in [-0.05, 0) is 26.3 Å². The fraction of sp³-hybridized carbons (Fsp3) is 0.700. The SMILES string of the molecule is CCNC(C)(C#N)CCCSc1nncs1. The third-order valence-corrected chi connectivity index (χ3v) is 4.15. The fourth-order valence-electron chi connectivity index (χ4n) is 1.39. The van der Waals surface area contributed by atoms with E-state index in [9.17, 15) is 0 Å². The van der Waals surface area contributed by atoms with Crippen LogP contribution in [0.15, 0.2) is 9.85 Å². The molecular weight excluding hydrogens is 240 g/mol. The van der Waals surface area contributed by atoms with E-state index < -0.39 is 5.54 Å². The Bertz CT molecular complexity index is 333. The van der Waals surface area contributed by atoms with E-state index in [-0.39, 0.29) is 0 Å². The Hall–Kier alpha value is -0.640. The van der Waals surface area contributed by atoms with Crippen molar-refractivity contribution in [1.29, 1.82) is 5.26 Å². The van der Waals surface area contributed by atoms with Crippen LogP contribution >= 0.6 is 23.1 Å². The maximum Gasteiger partial charge on any atom is 0.174 e. The molecule has 0 fully saturated rings. The van der Waals surface area contributed by atoms with Gasteiger partial charge < -0.3 is 0 Å². The van der Waals surface area contributed by atoms with E-state index >= 15 is 0 Å². The lowest BCUT2D eigenvalue weighted by molar-refractivity contribution is 0.426. The van der Waals surface area contributed by atoms with E-state index in [1.54, 1.807) is 28.6 Å². The Morgan fingerprint density at radius 2 is 2.50 bits per heavy atom. The van der Waals surface area contributed by atoms with Crippen molar-refractivity contribution in [1.82, 2.24) is 15.5 Å². The van der Waals surface area contributed by atoms with Gasteiger partial charge in [0.1, 0.15) is 11.0 Å². The molecule has 1 rings (SSSR count). The summed E-state index contributed by atoms with van der Waals surface area (Å²) in [6, 6.07) is 2.33. The number of nitriles is 1. The smallest absolute Gasteiger partial charge is 0.174 e. The summed E-state index contributed by atoms with van der Waals surface area (Å²) < 4.78 is 1.00. The van der Waals surface area contributed by atoms with Crippen molar-refractivity contribution < 1.29 is 0 Å². The maximum atomic E-state index is 9.06. The van der Waals surface area contributed by atoms with Crippen LogP contribution in [0.3, 0.4) is 0 Å². The zero-order valence-corrected chi connectivity index (χ0v) is 11.2. The van der Waals surface area contributed by atoms with E-state index in [0.717, 1.165) is 29.5 Å². The summed E-state index contributed by atoms with van der Waals surface area (Å²) in [5.41, 5.74) is 1.34. The van der Waals surface area contributed by atoms with Crippen LogP contribution < -0.4 is 5.32 Å². The first-order valence-corrected chi connectivity index (χ1v) is 7.12. The highest BCUT2D eigenvalue weighted by Crippen LogP contribution is 2.22. The lowest BCUT2D eigenvalue weighted by Gasteiger charge is -2.21. The minimum Gasteiger partial charge on any atom is -0.300 e. The van der Waals surface area contributed by atoms with Gasteiger partial charge in [-0.15, -0.1) is 10.2 Å². The topological polar surface area (TPSA) is 61.6 Å². The second kappa shape index (κ2) is 6.84. The summed E-state index contributed by atoms with van der Waals surface area (Å²) in [7, 11) is 0. The fourth-order valence-corrected chi connectivity index (χ4v) is 2.88. The minimum atomic E-state index is -0.392. The summed E-state index contributed by atoms with van der Waals surface area (Å²) >= 11 is 3.26. The number of hydrogen-bond donors (Lipinski definition) is 1. The summed E-state index contributed by atoms with van der Waals surface area (Å²) in [5.74, 6) is 0.984. The van der Waals surface area contributed by atoms with Crippen LogP contribution in [0.4, 0.5) is 0 Å².